The van der Waals surface area contributed by atoms with Gasteiger partial charge >= 0.3 is 0 Å². The number of aliphatic hydroxyl groups is 1. The lowest BCUT2D eigenvalue weighted by molar-refractivity contribution is 0.0809. The highest BCUT2D eigenvalue weighted by molar-refractivity contribution is 9.10. The second kappa shape index (κ2) is 4.88. The SMILES string of the molecule is CC(C)(O)Cc1nc(-c2ccc(Br)cc2)cs1. The summed E-state index contributed by atoms with van der Waals surface area (Å²) in [7, 11) is 0. The molecule has 0 aliphatic carbocycles. The first-order valence-corrected chi connectivity index (χ1v) is 7.04. The average molecular weight is 312 g/mol. The molecule has 4 heteroatoms. The number of rotatable bonds is 3. The molecule has 0 unspecified atom stereocenters. The van der Waals surface area contributed by atoms with Crippen molar-refractivity contribution in [3.63, 3.8) is 0 Å². The summed E-state index contributed by atoms with van der Waals surface area (Å²) < 4.78 is 1.06. The highest BCUT2D eigenvalue weighted by Crippen LogP contribution is 2.25. The van der Waals surface area contributed by atoms with Crippen molar-refractivity contribution in [1.29, 1.82) is 0 Å². The van der Waals surface area contributed by atoms with Crippen LogP contribution in [-0.2, 0) is 6.42 Å². The van der Waals surface area contributed by atoms with Crippen molar-refractivity contribution in [2.45, 2.75) is 25.9 Å². The summed E-state index contributed by atoms with van der Waals surface area (Å²) in [6, 6.07) is 8.08. The van der Waals surface area contributed by atoms with Crippen molar-refractivity contribution >= 4 is 27.3 Å². The van der Waals surface area contributed by atoms with Crippen LogP contribution < -0.4 is 0 Å². The molecular formula is C13H14BrNOS. The fourth-order valence-electron chi connectivity index (χ4n) is 1.52. The van der Waals surface area contributed by atoms with Crippen LogP contribution in [0.2, 0.25) is 0 Å². The minimum atomic E-state index is -0.700. The van der Waals surface area contributed by atoms with Crippen molar-refractivity contribution in [1.82, 2.24) is 4.98 Å². The van der Waals surface area contributed by atoms with Crippen molar-refractivity contribution in [3.8, 4) is 11.3 Å². The summed E-state index contributed by atoms with van der Waals surface area (Å²) in [5.74, 6) is 0. The van der Waals surface area contributed by atoms with E-state index in [0.717, 1.165) is 20.7 Å². The number of aromatic nitrogens is 1. The van der Waals surface area contributed by atoms with Crippen molar-refractivity contribution in [2.75, 3.05) is 0 Å². The summed E-state index contributed by atoms with van der Waals surface area (Å²) >= 11 is 5.00. The van der Waals surface area contributed by atoms with Gasteiger partial charge in [-0.2, -0.15) is 0 Å². The molecule has 0 aliphatic rings. The maximum absolute atomic E-state index is 9.75. The van der Waals surface area contributed by atoms with Crippen LogP contribution in [0.1, 0.15) is 18.9 Å². The third-order valence-electron chi connectivity index (χ3n) is 2.28. The smallest absolute Gasteiger partial charge is 0.0961 e. The molecule has 2 rings (SSSR count). The number of benzene rings is 1. The van der Waals surface area contributed by atoms with Crippen LogP contribution in [0, 0.1) is 0 Å². The zero-order chi connectivity index (χ0) is 12.5. The molecule has 0 fully saturated rings. The molecule has 0 spiro atoms. The molecule has 2 nitrogen and oxygen atoms in total. The van der Waals surface area contributed by atoms with E-state index in [4.69, 9.17) is 0 Å². The van der Waals surface area contributed by atoms with E-state index in [9.17, 15) is 5.11 Å². The zero-order valence-corrected chi connectivity index (χ0v) is 12.2. The van der Waals surface area contributed by atoms with Crippen LogP contribution in [0.5, 0.6) is 0 Å². The molecule has 0 saturated carbocycles. The van der Waals surface area contributed by atoms with E-state index in [0.29, 0.717) is 6.42 Å². The first-order valence-electron chi connectivity index (χ1n) is 5.37. The number of nitrogens with zero attached hydrogens (tertiary/aromatic N) is 1. The minimum absolute atomic E-state index is 0.591. The van der Waals surface area contributed by atoms with E-state index in [1.165, 1.54) is 0 Å². The Balaban J connectivity index is 2.21. The molecule has 1 aromatic carbocycles. The van der Waals surface area contributed by atoms with E-state index in [1.807, 2.05) is 29.6 Å². The summed E-state index contributed by atoms with van der Waals surface area (Å²) in [6.07, 6.45) is 0.591. The standard InChI is InChI=1S/C13H14BrNOS/c1-13(2,16)7-12-15-11(8-17-12)9-3-5-10(14)6-4-9/h3-6,8,16H,7H2,1-2H3. The van der Waals surface area contributed by atoms with Gasteiger partial charge in [-0.05, 0) is 26.0 Å². The molecular weight excluding hydrogens is 298 g/mol. The maximum Gasteiger partial charge on any atom is 0.0961 e. The predicted octanol–water partition coefficient (Wildman–Crippen LogP) is 3.89. The number of thiazole rings is 1. The highest BCUT2D eigenvalue weighted by atomic mass is 79.9. The van der Waals surface area contributed by atoms with Gasteiger partial charge in [-0.1, -0.05) is 28.1 Å². The summed E-state index contributed by atoms with van der Waals surface area (Å²) in [4.78, 5) is 4.54. The highest BCUT2D eigenvalue weighted by Gasteiger charge is 2.16. The monoisotopic (exact) mass is 311 g/mol. The van der Waals surface area contributed by atoms with Crippen molar-refractivity contribution < 1.29 is 5.11 Å². The number of hydrogen-bond donors (Lipinski definition) is 1. The fraction of sp³-hybridized carbons (Fsp3) is 0.308. The summed E-state index contributed by atoms with van der Waals surface area (Å²) in [6.45, 7) is 3.60. The Hall–Kier alpha value is -0.710. The molecule has 0 atom stereocenters. The van der Waals surface area contributed by atoms with Gasteiger partial charge in [0.2, 0.25) is 0 Å². The summed E-state index contributed by atoms with van der Waals surface area (Å²) in [5.41, 5.74) is 1.38. The maximum atomic E-state index is 9.75. The Morgan fingerprint density at radius 3 is 2.53 bits per heavy atom. The molecule has 2 aromatic rings. The fourth-order valence-corrected chi connectivity index (χ4v) is 2.80. The summed E-state index contributed by atoms with van der Waals surface area (Å²) in [5, 5.41) is 12.7. The second-order valence-corrected chi connectivity index (χ2v) is 6.48. The van der Waals surface area contributed by atoms with Gasteiger partial charge in [0, 0.05) is 21.8 Å². The van der Waals surface area contributed by atoms with Gasteiger partial charge in [0.15, 0.2) is 0 Å². The Morgan fingerprint density at radius 2 is 1.94 bits per heavy atom. The van der Waals surface area contributed by atoms with Gasteiger partial charge in [0.25, 0.3) is 0 Å². The molecule has 0 radical (unpaired) electrons. The Morgan fingerprint density at radius 1 is 1.29 bits per heavy atom. The Labute approximate surface area is 113 Å². The van der Waals surface area contributed by atoms with Crippen LogP contribution in [0.25, 0.3) is 11.3 Å². The molecule has 17 heavy (non-hydrogen) atoms. The molecule has 0 bridgehead atoms. The average Bonchev–Trinajstić information content (AvgIpc) is 2.64. The normalized spacial score (nSPS) is 11.8. The van der Waals surface area contributed by atoms with E-state index in [1.54, 1.807) is 25.2 Å². The van der Waals surface area contributed by atoms with Gasteiger partial charge in [-0.25, -0.2) is 4.98 Å². The Bertz CT molecular complexity index is 499. The number of hydrogen-bond acceptors (Lipinski definition) is 3. The Kier molecular flexibility index (Phi) is 3.66. The van der Waals surface area contributed by atoms with Crippen LogP contribution in [-0.4, -0.2) is 15.7 Å². The molecule has 0 saturated heterocycles. The lowest BCUT2D eigenvalue weighted by Crippen LogP contribution is -2.21. The second-order valence-electron chi connectivity index (χ2n) is 4.62. The minimum Gasteiger partial charge on any atom is -0.390 e. The third kappa shape index (κ3) is 3.63. The lowest BCUT2D eigenvalue weighted by Gasteiger charge is -2.14. The molecule has 1 aromatic heterocycles. The molecule has 0 amide bonds. The van der Waals surface area contributed by atoms with Gasteiger partial charge in [-0.3, -0.25) is 0 Å². The first-order chi connectivity index (χ1) is 7.94. The van der Waals surface area contributed by atoms with Gasteiger partial charge in [-0.15, -0.1) is 11.3 Å². The van der Waals surface area contributed by atoms with Crippen LogP contribution in [0.3, 0.4) is 0 Å². The molecule has 1 N–H and O–H groups in total. The van der Waals surface area contributed by atoms with Crippen LogP contribution in [0.15, 0.2) is 34.1 Å². The quantitative estimate of drug-likeness (QED) is 0.933. The van der Waals surface area contributed by atoms with Crippen LogP contribution in [0.4, 0.5) is 0 Å². The van der Waals surface area contributed by atoms with E-state index in [2.05, 4.69) is 20.9 Å². The predicted molar refractivity (Wildman–Crippen MR) is 75.3 cm³/mol. The van der Waals surface area contributed by atoms with E-state index < -0.39 is 5.60 Å². The van der Waals surface area contributed by atoms with E-state index >= 15 is 0 Å². The largest absolute Gasteiger partial charge is 0.390 e. The third-order valence-corrected chi connectivity index (χ3v) is 3.65. The van der Waals surface area contributed by atoms with E-state index in [-0.39, 0.29) is 0 Å². The molecule has 0 aliphatic heterocycles. The van der Waals surface area contributed by atoms with Crippen LogP contribution >= 0.6 is 27.3 Å². The van der Waals surface area contributed by atoms with Crippen molar-refractivity contribution in [3.05, 3.63) is 39.1 Å². The van der Waals surface area contributed by atoms with Crippen molar-refractivity contribution in [2.24, 2.45) is 0 Å². The topological polar surface area (TPSA) is 33.1 Å². The van der Waals surface area contributed by atoms with Gasteiger partial charge in [0.1, 0.15) is 0 Å². The number of halogens is 1. The van der Waals surface area contributed by atoms with Gasteiger partial charge < -0.3 is 5.11 Å². The molecule has 90 valence electrons. The van der Waals surface area contributed by atoms with Gasteiger partial charge in [0.05, 0.1) is 16.3 Å². The first kappa shape index (κ1) is 12.7. The zero-order valence-electron chi connectivity index (χ0n) is 9.77. The lowest BCUT2D eigenvalue weighted by atomic mass is 10.1. The molecule has 1 heterocycles.